The number of nitrogens with zero attached hydrogens (tertiary/aromatic N) is 3. The number of benzene rings is 2. The monoisotopic (exact) mass is 467 g/mol. The number of halogens is 4. The van der Waals surface area contributed by atoms with E-state index in [9.17, 15) is 9.59 Å². The van der Waals surface area contributed by atoms with Gasteiger partial charge in [0.05, 0.1) is 20.8 Å². The Balaban J connectivity index is 2.07. The van der Waals surface area contributed by atoms with E-state index in [4.69, 9.17) is 52.1 Å². The van der Waals surface area contributed by atoms with Crippen molar-refractivity contribution in [3.63, 3.8) is 0 Å². The third kappa shape index (κ3) is 3.47. The molecule has 29 heavy (non-hydrogen) atoms. The number of rotatable bonds is 3. The smallest absolute Gasteiger partial charge is 0.332 e. The van der Waals surface area contributed by atoms with Gasteiger partial charge in [0, 0.05) is 10.6 Å². The average Bonchev–Trinajstić information content (AvgIpc) is 2.99. The normalized spacial score (nSPS) is 11.2. The third-order valence-electron chi connectivity index (χ3n) is 4.10. The van der Waals surface area contributed by atoms with Gasteiger partial charge in [0.2, 0.25) is 0 Å². The summed E-state index contributed by atoms with van der Waals surface area (Å²) in [6, 6.07) is 9.34. The van der Waals surface area contributed by atoms with Gasteiger partial charge >= 0.3 is 5.69 Å². The first-order valence-electron chi connectivity index (χ1n) is 7.99. The molecule has 0 saturated carbocycles. The molecule has 0 aliphatic rings. The van der Waals surface area contributed by atoms with Gasteiger partial charge < -0.3 is 10.7 Å². The summed E-state index contributed by atoms with van der Waals surface area (Å²) in [5, 5.41) is 1.26. The second kappa shape index (κ2) is 7.35. The average molecular weight is 469 g/mol. The minimum absolute atomic E-state index is 0.0856. The second-order valence-corrected chi connectivity index (χ2v) is 7.60. The Kier molecular flexibility index (Phi) is 5.00. The maximum absolute atomic E-state index is 12.6. The molecule has 146 valence electrons. The molecular weight excluding hydrogens is 460 g/mol. The molecule has 0 atom stereocenters. The standard InChI is InChI=1S/C18H9Cl4N5O2/c19-7-1-3-9(11(21)5-7)16-24-13(15(23)28)14-17(26-16)27(18(29)25-14)8-2-4-10(20)12(22)6-8/h1-6H,(H2,23,28)(H,25,29). The van der Waals surface area contributed by atoms with Crippen LogP contribution < -0.4 is 11.4 Å². The minimum atomic E-state index is -0.841. The van der Waals surface area contributed by atoms with Crippen molar-refractivity contribution < 1.29 is 4.79 Å². The van der Waals surface area contributed by atoms with Gasteiger partial charge in [0.15, 0.2) is 17.2 Å². The molecule has 0 aliphatic heterocycles. The Bertz CT molecular complexity index is 1360. The SMILES string of the molecule is NC(=O)c1nc(-c2ccc(Cl)cc2Cl)nc2c1[nH]c(=O)n2-c1ccc(Cl)c(Cl)c1. The van der Waals surface area contributed by atoms with Crippen LogP contribution in [0, 0.1) is 0 Å². The van der Waals surface area contributed by atoms with Crippen LogP contribution in [0.2, 0.25) is 20.1 Å². The van der Waals surface area contributed by atoms with Crippen LogP contribution in [-0.4, -0.2) is 25.4 Å². The fraction of sp³-hybridized carbons (Fsp3) is 0. The Morgan fingerprint density at radius 3 is 2.38 bits per heavy atom. The summed E-state index contributed by atoms with van der Waals surface area (Å²) in [4.78, 5) is 35.8. The van der Waals surface area contributed by atoms with Crippen molar-refractivity contribution in [2.45, 2.75) is 0 Å². The number of fused-ring (bicyclic) bond motifs is 1. The van der Waals surface area contributed by atoms with E-state index in [0.29, 0.717) is 21.3 Å². The van der Waals surface area contributed by atoms with Crippen molar-refractivity contribution in [2.75, 3.05) is 0 Å². The second-order valence-electron chi connectivity index (χ2n) is 5.95. The van der Waals surface area contributed by atoms with Crippen LogP contribution in [0.1, 0.15) is 10.5 Å². The molecule has 3 N–H and O–H groups in total. The number of nitrogens with one attached hydrogen (secondary N) is 1. The highest BCUT2D eigenvalue weighted by molar-refractivity contribution is 6.42. The molecule has 4 rings (SSSR count). The van der Waals surface area contributed by atoms with Crippen molar-refractivity contribution in [2.24, 2.45) is 5.73 Å². The molecule has 0 saturated heterocycles. The number of aromatic amines is 1. The lowest BCUT2D eigenvalue weighted by atomic mass is 10.2. The molecule has 0 fully saturated rings. The van der Waals surface area contributed by atoms with Crippen LogP contribution in [-0.2, 0) is 0 Å². The van der Waals surface area contributed by atoms with Crippen LogP contribution in [0.15, 0.2) is 41.2 Å². The lowest BCUT2D eigenvalue weighted by Crippen LogP contribution is -2.15. The van der Waals surface area contributed by atoms with Crippen molar-refractivity contribution in [3.8, 4) is 17.1 Å². The Morgan fingerprint density at radius 2 is 1.72 bits per heavy atom. The van der Waals surface area contributed by atoms with Crippen LogP contribution in [0.3, 0.4) is 0 Å². The van der Waals surface area contributed by atoms with Gasteiger partial charge in [-0.25, -0.2) is 19.3 Å². The lowest BCUT2D eigenvalue weighted by Gasteiger charge is -2.08. The Morgan fingerprint density at radius 1 is 0.966 bits per heavy atom. The molecule has 7 nitrogen and oxygen atoms in total. The molecule has 2 heterocycles. The quantitative estimate of drug-likeness (QED) is 0.461. The van der Waals surface area contributed by atoms with E-state index >= 15 is 0 Å². The van der Waals surface area contributed by atoms with Crippen LogP contribution >= 0.6 is 46.4 Å². The topological polar surface area (TPSA) is 107 Å². The zero-order valence-corrected chi connectivity index (χ0v) is 17.2. The zero-order valence-electron chi connectivity index (χ0n) is 14.2. The fourth-order valence-corrected chi connectivity index (χ4v) is 3.60. The van der Waals surface area contributed by atoms with Crippen molar-refractivity contribution in [1.82, 2.24) is 19.5 Å². The molecule has 0 unspecified atom stereocenters. The summed E-state index contributed by atoms with van der Waals surface area (Å²) in [6.07, 6.45) is 0. The first-order chi connectivity index (χ1) is 13.8. The van der Waals surface area contributed by atoms with E-state index in [1.165, 1.54) is 22.8 Å². The maximum atomic E-state index is 12.6. The number of hydrogen-bond acceptors (Lipinski definition) is 4. The van der Waals surface area contributed by atoms with Gasteiger partial charge in [-0.3, -0.25) is 4.79 Å². The number of aromatic nitrogens is 4. The number of carbonyl (C=O) groups excluding carboxylic acids is 1. The van der Waals surface area contributed by atoms with E-state index in [0.717, 1.165) is 0 Å². The van der Waals surface area contributed by atoms with Gasteiger partial charge in [0.1, 0.15) is 5.52 Å². The van der Waals surface area contributed by atoms with E-state index in [1.54, 1.807) is 18.2 Å². The number of nitrogens with two attached hydrogens (primary N) is 1. The van der Waals surface area contributed by atoms with Crippen LogP contribution in [0.5, 0.6) is 0 Å². The number of primary amides is 1. The highest BCUT2D eigenvalue weighted by Gasteiger charge is 2.21. The van der Waals surface area contributed by atoms with Gasteiger partial charge in [-0.1, -0.05) is 46.4 Å². The summed E-state index contributed by atoms with van der Waals surface area (Å²) < 4.78 is 1.24. The molecule has 1 amide bonds. The predicted octanol–water partition coefficient (Wildman–Crippen LogP) is 4.49. The first-order valence-corrected chi connectivity index (χ1v) is 9.51. The minimum Gasteiger partial charge on any atom is -0.364 e. The third-order valence-corrected chi connectivity index (χ3v) is 5.39. The summed E-state index contributed by atoms with van der Waals surface area (Å²) in [7, 11) is 0. The summed E-state index contributed by atoms with van der Waals surface area (Å²) in [6.45, 7) is 0. The van der Waals surface area contributed by atoms with E-state index < -0.39 is 11.6 Å². The molecule has 0 aliphatic carbocycles. The predicted molar refractivity (Wildman–Crippen MR) is 113 cm³/mol. The van der Waals surface area contributed by atoms with Gasteiger partial charge in [-0.2, -0.15) is 0 Å². The van der Waals surface area contributed by atoms with Gasteiger partial charge in [-0.15, -0.1) is 0 Å². The van der Waals surface area contributed by atoms with Crippen LogP contribution in [0.4, 0.5) is 0 Å². The molecule has 2 aromatic carbocycles. The molecule has 4 aromatic rings. The summed E-state index contributed by atoms with van der Waals surface area (Å²) in [5.74, 6) is -0.743. The molecule has 0 radical (unpaired) electrons. The van der Waals surface area contributed by atoms with Gasteiger partial charge in [-0.05, 0) is 36.4 Å². The molecule has 2 aromatic heterocycles. The number of carbonyl (C=O) groups is 1. The van der Waals surface area contributed by atoms with Crippen molar-refractivity contribution >= 4 is 63.5 Å². The number of hydrogen-bond donors (Lipinski definition) is 2. The number of imidazole rings is 1. The molecule has 0 spiro atoms. The lowest BCUT2D eigenvalue weighted by molar-refractivity contribution is 0.0997. The van der Waals surface area contributed by atoms with E-state index in [-0.39, 0.29) is 32.7 Å². The fourth-order valence-electron chi connectivity index (χ4n) is 2.82. The summed E-state index contributed by atoms with van der Waals surface area (Å²) >= 11 is 24.2. The van der Waals surface area contributed by atoms with Gasteiger partial charge in [0.25, 0.3) is 5.91 Å². The van der Waals surface area contributed by atoms with Crippen molar-refractivity contribution in [1.29, 1.82) is 0 Å². The largest absolute Gasteiger partial charge is 0.364 e. The van der Waals surface area contributed by atoms with Crippen LogP contribution in [0.25, 0.3) is 28.2 Å². The maximum Gasteiger partial charge on any atom is 0.332 e. The highest BCUT2D eigenvalue weighted by atomic mass is 35.5. The number of amides is 1. The zero-order chi connectivity index (χ0) is 20.9. The molecule has 0 bridgehead atoms. The highest BCUT2D eigenvalue weighted by Crippen LogP contribution is 2.30. The summed E-state index contributed by atoms with van der Waals surface area (Å²) in [5.41, 5.74) is 5.76. The number of H-pyrrole nitrogens is 1. The first kappa shape index (κ1) is 19.7. The van der Waals surface area contributed by atoms with E-state index in [1.807, 2.05) is 0 Å². The molecule has 11 heteroatoms. The van der Waals surface area contributed by atoms with Crippen molar-refractivity contribution in [3.05, 3.63) is 72.7 Å². The van der Waals surface area contributed by atoms with E-state index in [2.05, 4.69) is 15.0 Å². The Hall–Kier alpha value is -2.58. The molecular formula is C18H9Cl4N5O2. The Labute approximate surface area is 183 Å².